The molecule has 0 radical (unpaired) electrons. The number of nitrogens with zero attached hydrogens (tertiary/aromatic N) is 2. The molecule has 0 saturated carbocycles. The first kappa shape index (κ1) is 17.7. The van der Waals surface area contributed by atoms with Gasteiger partial charge in [-0.15, -0.1) is 0 Å². The number of non-ortho nitro benzene ring substituents is 1. The average Bonchev–Trinajstić information content (AvgIpc) is 2.58. The number of hydrogen-bond acceptors (Lipinski definition) is 3. The molecule has 2 aromatic rings. The highest BCUT2D eigenvalue weighted by atomic mass is 35.5. The van der Waals surface area contributed by atoms with Gasteiger partial charge in [0.05, 0.1) is 11.0 Å². The fourth-order valence-electron chi connectivity index (χ4n) is 2.22. The van der Waals surface area contributed by atoms with Gasteiger partial charge in [-0.05, 0) is 30.2 Å². The molecule has 126 valence electrons. The van der Waals surface area contributed by atoms with Crippen molar-refractivity contribution < 1.29 is 4.92 Å². The Morgan fingerprint density at radius 2 is 2.04 bits per heavy atom. The predicted molar refractivity (Wildman–Crippen MR) is 96.3 cm³/mol. The third-order valence-electron chi connectivity index (χ3n) is 3.51. The topological polar surface area (TPSA) is 79.6 Å². The van der Waals surface area contributed by atoms with Gasteiger partial charge in [-0.25, -0.2) is 0 Å². The van der Waals surface area contributed by atoms with Crippen LogP contribution < -0.4 is 10.6 Å². The Balaban J connectivity index is 1.97. The second-order valence-electron chi connectivity index (χ2n) is 5.27. The van der Waals surface area contributed by atoms with Crippen LogP contribution in [0.1, 0.15) is 24.1 Å². The molecule has 0 aliphatic rings. The fourth-order valence-corrected chi connectivity index (χ4v) is 2.42. The average molecular weight is 347 g/mol. The van der Waals surface area contributed by atoms with Crippen LogP contribution >= 0.6 is 11.6 Å². The number of nitro benzene ring substituents is 1. The van der Waals surface area contributed by atoms with E-state index in [-0.39, 0.29) is 11.7 Å². The lowest BCUT2D eigenvalue weighted by Gasteiger charge is -2.18. The molecule has 0 saturated heterocycles. The Hall–Kier alpha value is -2.60. The van der Waals surface area contributed by atoms with Crippen LogP contribution in [0.15, 0.2) is 53.5 Å². The maximum Gasteiger partial charge on any atom is 0.269 e. The van der Waals surface area contributed by atoms with Crippen LogP contribution in [-0.2, 0) is 6.54 Å². The Morgan fingerprint density at radius 3 is 2.71 bits per heavy atom. The van der Waals surface area contributed by atoms with Crippen LogP contribution in [0.2, 0.25) is 5.02 Å². The third-order valence-corrected chi connectivity index (χ3v) is 3.74. The van der Waals surface area contributed by atoms with Crippen molar-refractivity contribution in [1.82, 2.24) is 10.6 Å². The summed E-state index contributed by atoms with van der Waals surface area (Å²) in [6.07, 6.45) is 0. The molecule has 0 fully saturated rings. The monoisotopic (exact) mass is 346 g/mol. The summed E-state index contributed by atoms with van der Waals surface area (Å²) < 4.78 is 0. The van der Waals surface area contributed by atoms with Gasteiger partial charge in [-0.3, -0.25) is 15.1 Å². The van der Waals surface area contributed by atoms with E-state index in [0.29, 0.717) is 17.5 Å². The summed E-state index contributed by atoms with van der Waals surface area (Å²) in [6, 6.07) is 14.1. The van der Waals surface area contributed by atoms with Gasteiger partial charge in [0.25, 0.3) is 5.69 Å². The molecule has 1 unspecified atom stereocenters. The van der Waals surface area contributed by atoms with Crippen molar-refractivity contribution in [2.45, 2.75) is 19.5 Å². The molecule has 2 N–H and O–H groups in total. The molecule has 0 aromatic heterocycles. The van der Waals surface area contributed by atoms with Crippen molar-refractivity contribution >= 4 is 23.2 Å². The number of aliphatic imine (C=N–C) groups is 1. The van der Waals surface area contributed by atoms with Gasteiger partial charge in [0, 0.05) is 30.7 Å². The van der Waals surface area contributed by atoms with Crippen LogP contribution in [-0.4, -0.2) is 17.9 Å². The van der Waals surface area contributed by atoms with E-state index in [0.717, 1.165) is 11.1 Å². The largest absolute Gasteiger partial charge is 0.352 e. The maximum atomic E-state index is 10.8. The maximum absolute atomic E-state index is 10.8. The molecule has 0 bridgehead atoms. The van der Waals surface area contributed by atoms with Gasteiger partial charge in [0.2, 0.25) is 0 Å². The second-order valence-corrected chi connectivity index (χ2v) is 5.71. The lowest BCUT2D eigenvalue weighted by molar-refractivity contribution is -0.384. The zero-order chi connectivity index (χ0) is 17.5. The number of benzene rings is 2. The molecule has 2 aromatic carbocycles. The van der Waals surface area contributed by atoms with Crippen molar-refractivity contribution in [2.24, 2.45) is 4.99 Å². The summed E-state index contributed by atoms with van der Waals surface area (Å²) >= 11 is 6.01. The van der Waals surface area contributed by atoms with Crippen molar-refractivity contribution in [2.75, 3.05) is 7.05 Å². The number of hydrogen-bond donors (Lipinski definition) is 2. The van der Waals surface area contributed by atoms with Crippen LogP contribution in [0.25, 0.3) is 0 Å². The van der Waals surface area contributed by atoms with E-state index in [1.807, 2.05) is 37.3 Å². The molecule has 7 heteroatoms. The van der Waals surface area contributed by atoms with E-state index >= 15 is 0 Å². The summed E-state index contributed by atoms with van der Waals surface area (Å²) in [5.74, 6) is 0.606. The smallest absolute Gasteiger partial charge is 0.269 e. The lowest BCUT2D eigenvalue weighted by Crippen LogP contribution is -2.38. The van der Waals surface area contributed by atoms with E-state index in [4.69, 9.17) is 11.6 Å². The summed E-state index contributed by atoms with van der Waals surface area (Å²) in [6.45, 7) is 2.44. The van der Waals surface area contributed by atoms with E-state index in [9.17, 15) is 10.1 Å². The lowest BCUT2D eigenvalue weighted by atomic mass is 10.1. The Morgan fingerprint density at radius 1 is 1.29 bits per heavy atom. The summed E-state index contributed by atoms with van der Waals surface area (Å²) in [5.41, 5.74) is 1.92. The van der Waals surface area contributed by atoms with Crippen LogP contribution in [0.3, 0.4) is 0 Å². The minimum absolute atomic E-state index is 0.0139. The van der Waals surface area contributed by atoms with Gasteiger partial charge >= 0.3 is 0 Å². The second kappa shape index (κ2) is 8.31. The SMILES string of the molecule is CN=C(NCc1cccc([N+](=O)[O-])c1)NC(C)c1cccc(Cl)c1. The molecule has 6 nitrogen and oxygen atoms in total. The van der Waals surface area contributed by atoms with Gasteiger partial charge in [-0.2, -0.15) is 0 Å². The highest BCUT2D eigenvalue weighted by molar-refractivity contribution is 6.30. The normalized spacial score (nSPS) is 12.5. The summed E-state index contributed by atoms with van der Waals surface area (Å²) in [4.78, 5) is 14.6. The molecule has 0 aliphatic carbocycles. The first-order valence-electron chi connectivity index (χ1n) is 7.45. The Kier molecular flexibility index (Phi) is 6.14. The van der Waals surface area contributed by atoms with Crippen LogP contribution in [0.4, 0.5) is 5.69 Å². The molecular formula is C17H19ClN4O2. The van der Waals surface area contributed by atoms with E-state index < -0.39 is 4.92 Å². The highest BCUT2D eigenvalue weighted by Gasteiger charge is 2.09. The number of rotatable bonds is 5. The molecular weight excluding hydrogens is 328 g/mol. The molecule has 2 rings (SSSR count). The van der Waals surface area contributed by atoms with Crippen LogP contribution in [0, 0.1) is 10.1 Å². The zero-order valence-corrected chi connectivity index (χ0v) is 14.2. The number of nitro groups is 1. The predicted octanol–water partition coefficient (Wildman–Crippen LogP) is 3.67. The number of nitrogens with one attached hydrogen (secondary N) is 2. The highest BCUT2D eigenvalue weighted by Crippen LogP contribution is 2.17. The summed E-state index contributed by atoms with van der Waals surface area (Å²) in [7, 11) is 1.67. The number of halogens is 1. The van der Waals surface area contributed by atoms with E-state index in [2.05, 4.69) is 15.6 Å². The third kappa shape index (κ3) is 4.96. The Labute approximate surface area is 145 Å². The van der Waals surface area contributed by atoms with Crippen molar-refractivity contribution in [3.8, 4) is 0 Å². The minimum Gasteiger partial charge on any atom is -0.352 e. The molecule has 0 amide bonds. The summed E-state index contributed by atoms with van der Waals surface area (Å²) in [5, 5.41) is 17.9. The van der Waals surface area contributed by atoms with Crippen molar-refractivity contribution in [3.05, 3.63) is 74.8 Å². The van der Waals surface area contributed by atoms with E-state index in [1.54, 1.807) is 19.2 Å². The van der Waals surface area contributed by atoms with Crippen molar-refractivity contribution in [3.63, 3.8) is 0 Å². The molecule has 0 spiro atoms. The molecule has 0 aliphatic heterocycles. The minimum atomic E-state index is -0.405. The van der Waals surface area contributed by atoms with Gasteiger partial charge < -0.3 is 10.6 Å². The van der Waals surface area contributed by atoms with Crippen LogP contribution in [0.5, 0.6) is 0 Å². The first-order chi connectivity index (χ1) is 11.5. The van der Waals surface area contributed by atoms with Gasteiger partial charge in [0.1, 0.15) is 0 Å². The van der Waals surface area contributed by atoms with Gasteiger partial charge in [-0.1, -0.05) is 35.9 Å². The van der Waals surface area contributed by atoms with E-state index in [1.165, 1.54) is 6.07 Å². The first-order valence-corrected chi connectivity index (χ1v) is 7.83. The zero-order valence-electron chi connectivity index (χ0n) is 13.5. The molecule has 0 heterocycles. The number of guanidine groups is 1. The van der Waals surface area contributed by atoms with Gasteiger partial charge in [0.15, 0.2) is 5.96 Å². The molecule has 24 heavy (non-hydrogen) atoms. The Bertz CT molecular complexity index is 749. The molecule has 1 atom stereocenters. The fraction of sp³-hybridized carbons (Fsp3) is 0.235. The standard InChI is InChI=1S/C17H19ClN4O2/c1-12(14-6-4-7-15(18)10-14)21-17(19-2)20-11-13-5-3-8-16(9-13)22(23)24/h3-10,12H,11H2,1-2H3,(H2,19,20,21). The quantitative estimate of drug-likeness (QED) is 0.374. The van der Waals surface area contributed by atoms with Crippen molar-refractivity contribution in [1.29, 1.82) is 0 Å².